The first-order chi connectivity index (χ1) is 25.0. The molecule has 52 heavy (non-hydrogen) atoms. The lowest BCUT2D eigenvalue weighted by atomic mass is 10.0. The lowest BCUT2D eigenvalue weighted by Gasteiger charge is -2.30. The Bertz CT molecular complexity index is 1950. The third-order valence-electron chi connectivity index (χ3n) is 10.1. The van der Waals surface area contributed by atoms with Crippen LogP contribution in [0.25, 0.3) is 10.9 Å². The van der Waals surface area contributed by atoms with Gasteiger partial charge in [0.1, 0.15) is 24.7 Å². The molecule has 6 rings (SSSR count). The van der Waals surface area contributed by atoms with Crippen LogP contribution >= 0.6 is 0 Å². The Morgan fingerprint density at radius 2 is 1.69 bits per heavy atom. The Labute approximate surface area is 301 Å². The fraction of sp³-hybridized carbons (Fsp3) is 0.421. The van der Waals surface area contributed by atoms with Gasteiger partial charge in [-0.15, -0.1) is 0 Å². The largest absolute Gasteiger partial charge is 0.391 e. The first kappa shape index (κ1) is 36.3. The van der Waals surface area contributed by atoms with E-state index in [4.69, 9.17) is 0 Å². The monoisotopic (exact) mass is 710 g/mol. The van der Waals surface area contributed by atoms with Gasteiger partial charge in [-0.2, -0.15) is 5.10 Å². The number of aryl methyl sites for hydroxylation is 1. The summed E-state index contributed by atoms with van der Waals surface area (Å²) >= 11 is 0. The second kappa shape index (κ2) is 15.8. The van der Waals surface area contributed by atoms with E-state index in [1.807, 2.05) is 75.4 Å². The summed E-state index contributed by atoms with van der Waals surface area (Å²) in [7, 11) is 0. The summed E-state index contributed by atoms with van der Waals surface area (Å²) < 4.78 is 1.62. The molecule has 14 heteroatoms. The molecule has 2 fully saturated rings. The van der Waals surface area contributed by atoms with Crippen LogP contribution in [0.15, 0.2) is 60.8 Å². The van der Waals surface area contributed by atoms with Gasteiger partial charge < -0.3 is 35.8 Å². The lowest BCUT2D eigenvalue weighted by molar-refractivity contribution is -0.142. The molecular weight excluding hydrogens is 664 g/mol. The first-order valence-corrected chi connectivity index (χ1v) is 17.8. The zero-order valence-corrected chi connectivity index (χ0v) is 29.7. The van der Waals surface area contributed by atoms with Gasteiger partial charge in [-0.1, -0.05) is 55.5 Å². The van der Waals surface area contributed by atoms with Crippen molar-refractivity contribution in [1.82, 2.24) is 40.5 Å². The van der Waals surface area contributed by atoms with E-state index in [9.17, 15) is 29.1 Å². The number of rotatable bonds is 7. The van der Waals surface area contributed by atoms with Crippen LogP contribution < -0.4 is 16.0 Å². The third kappa shape index (κ3) is 8.01. The van der Waals surface area contributed by atoms with Gasteiger partial charge in [0.05, 0.1) is 18.3 Å². The van der Waals surface area contributed by atoms with Gasteiger partial charge >= 0.3 is 0 Å². The predicted molar refractivity (Wildman–Crippen MR) is 193 cm³/mol. The van der Waals surface area contributed by atoms with E-state index in [2.05, 4.69) is 26.0 Å². The Morgan fingerprint density at radius 1 is 0.942 bits per heavy atom. The minimum absolute atomic E-state index is 0.00229. The zero-order chi connectivity index (χ0) is 36.9. The number of fused-ring (bicyclic) bond motifs is 2. The van der Waals surface area contributed by atoms with Crippen molar-refractivity contribution in [2.45, 2.75) is 77.2 Å². The standard InChI is InChI=1S/C38H46N8O6/c1-4-28-23(2)43-46(24(28)3)22-35(49)44-15-14-39-36(50)31(16-25-10-6-5-7-11-25)42-37(51)33-18-27(47)20-45(33)38(52)32(41-34(48)21-44)17-26-19-40-30-13-9-8-12-29(26)30/h5-13,19,27,31-33,40,47H,4,14-18,20-22H2,1-3H3,(H,39,50)(H,41,48)(H,42,51)/t27-,31+,32-,33+/m1/s1. The first-order valence-electron chi connectivity index (χ1n) is 17.8. The fourth-order valence-electron chi connectivity index (χ4n) is 7.32. The second-order valence-corrected chi connectivity index (χ2v) is 13.6. The van der Waals surface area contributed by atoms with Gasteiger partial charge in [0.15, 0.2) is 0 Å². The Hall–Kier alpha value is -5.50. The van der Waals surface area contributed by atoms with Crippen LogP contribution in [-0.2, 0) is 49.8 Å². The van der Waals surface area contributed by atoms with Crippen molar-refractivity contribution in [3.05, 3.63) is 88.9 Å². The van der Waals surface area contributed by atoms with E-state index in [0.29, 0.717) is 0 Å². The second-order valence-electron chi connectivity index (χ2n) is 13.6. The number of aromatic amines is 1. The number of nitrogens with zero attached hydrogens (tertiary/aromatic N) is 4. The van der Waals surface area contributed by atoms with Crippen LogP contribution in [0.4, 0.5) is 0 Å². The molecule has 4 heterocycles. The summed E-state index contributed by atoms with van der Waals surface area (Å²) in [6.07, 6.45) is 1.78. The Morgan fingerprint density at radius 3 is 2.44 bits per heavy atom. The zero-order valence-electron chi connectivity index (χ0n) is 29.7. The number of hydrogen-bond donors (Lipinski definition) is 5. The van der Waals surface area contributed by atoms with Crippen LogP contribution in [0.1, 0.15) is 41.4 Å². The molecule has 2 aliphatic heterocycles. The normalized spacial score (nSPS) is 22.0. The van der Waals surface area contributed by atoms with E-state index in [1.54, 1.807) is 10.9 Å². The number of benzene rings is 2. The average molecular weight is 711 g/mol. The lowest BCUT2D eigenvalue weighted by Crippen LogP contribution is -2.57. The summed E-state index contributed by atoms with van der Waals surface area (Å²) in [6.45, 7) is 5.17. The highest BCUT2D eigenvalue weighted by Gasteiger charge is 2.43. The molecule has 14 nitrogen and oxygen atoms in total. The molecule has 2 aromatic heterocycles. The fourth-order valence-corrected chi connectivity index (χ4v) is 7.32. The van der Waals surface area contributed by atoms with Gasteiger partial charge in [0.2, 0.25) is 29.5 Å². The summed E-state index contributed by atoms with van der Waals surface area (Å²) in [5.74, 6) is -2.59. The van der Waals surface area contributed by atoms with Crippen molar-refractivity contribution >= 4 is 40.4 Å². The van der Waals surface area contributed by atoms with Crippen molar-refractivity contribution in [3.63, 3.8) is 0 Å². The molecular formula is C38H46N8O6. The van der Waals surface area contributed by atoms with Crippen LogP contribution in [0, 0.1) is 13.8 Å². The van der Waals surface area contributed by atoms with E-state index in [1.165, 1.54) is 9.80 Å². The maximum absolute atomic E-state index is 14.4. The van der Waals surface area contributed by atoms with Crippen molar-refractivity contribution in [1.29, 1.82) is 0 Å². The summed E-state index contributed by atoms with van der Waals surface area (Å²) in [5, 5.41) is 24.7. The molecule has 0 bridgehead atoms. The molecule has 0 aliphatic carbocycles. The topological polar surface area (TPSA) is 182 Å². The maximum Gasteiger partial charge on any atom is 0.246 e. The third-order valence-corrected chi connectivity index (χ3v) is 10.1. The molecule has 5 amide bonds. The summed E-state index contributed by atoms with van der Waals surface area (Å²) in [4.78, 5) is 75.4. The average Bonchev–Trinajstić information content (AvgIpc) is 3.80. The molecule has 0 spiro atoms. The predicted octanol–water partition coefficient (Wildman–Crippen LogP) is 0.919. The van der Waals surface area contributed by atoms with Crippen molar-refractivity contribution in [2.24, 2.45) is 0 Å². The van der Waals surface area contributed by atoms with Gasteiger partial charge in [0, 0.05) is 61.7 Å². The maximum atomic E-state index is 14.4. The molecule has 4 aromatic rings. The number of carbonyl (C=O) groups excluding carboxylic acids is 5. The van der Waals surface area contributed by atoms with Gasteiger partial charge in [-0.3, -0.25) is 28.7 Å². The highest BCUT2D eigenvalue weighted by atomic mass is 16.3. The number of carbonyl (C=O) groups is 5. The molecule has 0 unspecified atom stereocenters. The summed E-state index contributed by atoms with van der Waals surface area (Å²) in [5.41, 5.74) is 5.17. The number of para-hydroxylation sites is 1. The van der Waals surface area contributed by atoms with E-state index in [-0.39, 0.29) is 52.0 Å². The van der Waals surface area contributed by atoms with Gasteiger partial charge in [-0.05, 0) is 43.0 Å². The van der Waals surface area contributed by atoms with Gasteiger partial charge in [0.25, 0.3) is 0 Å². The minimum atomic E-state index is -1.13. The van der Waals surface area contributed by atoms with Crippen molar-refractivity contribution in [3.8, 4) is 0 Å². The Kier molecular flexibility index (Phi) is 11.0. The quantitative estimate of drug-likeness (QED) is 0.189. The van der Waals surface area contributed by atoms with Crippen molar-refractivity contribution < 1.29 is 29.1 Å². The van der Waals surface area contributed by atoms with Crippen LogP contribution in [0.2, 0.25) is 0 Å². The number of hydrogen-bond acceptors (Lipinski definition) is 7. The van der Waals surface area contributed by atoms with E-state index < -0.39 is 53.8 Å². The molecule has 274 valence electrons. The van der Waals surface area contributed by atoms with Gasteiger partial charge in [-0.25, -0.2) is 0 Å². The van der Waals surface area contributed by atoms with Crippen LogP contribution in [-0.4, -0.2) is 110 Å². The number of aliphatic hydroxyl groups is 1. The molecule has 5 N–H and O–H groups in total. The molecule has 2 aromatic carbocycles. The molecule has 4 atom stereocenters. The number of H-pyrrole nitrogens is 1. The Balaban J connectivity index is 1.33. The highest BCUT2D eigenvalue weighted by molar-refractivity contribution is 5.96. The highest BCUT2D eigenvalue weighted by Crippen LogP contribution is 2.24. The van der Waals surface area contributed by atoms with Crippen LogP contribution in [0.3, 0.4) is 0 Å². The molecule has 2 aliphatic rings. The van der Waals surface area contributed by atoms with E-state index >= 15 is 0 Å². The molecule has 0 saturated carbocycles. The van der Waals surface area contributed by atoms with Crippen LogP contribution in [0.5, 0.6) is 0 Å². The summed E-state index contributed by atoms with van der Waals surface area (Å²) in [6, 6.07) is 13.6. The number of amides is 5. The van der Waals surface area contributed by atoms with E-state index in [0.717, 1.165) is 45.4 Å². The number of nitrogens with one attached hydrogen (secondary N) is 4. The SMILES string of the molecule is CCc1c(C)nn(CC(=O)N2CCNC(=O)[C@H](Cc3ccccc3)NC(=O)[C@@H]3C[C@@H](O)CN3C(=O)[C@@H](Cc3c[nH]c4ccccc34)NC(=O)C2)c1C. The smallest absolute Gasteiger partial charge is 0.246 e. The van der Waals surface area contributed by atoms with Crippen molar-refractivity contribution in [2.75, 3.05) is 26.2 Å². The minimum Gasteiger partial charge on any atom is -0.391 e. The number of aromatic nitrogens is 3. The molecule has 2 saturated heterocycles. The molecule has 0 radical (unpaired) electrons. The number of aliphatic hydroxyl groups excluding tert-OH is 1.